The van der Waals surface area contributed by atoms with E-state index in [2.05, 4.69) is 60.2 Å². The van der Waals surface area contributed by atoms with Crippen molar-refractivity contribution in [3.63, 3.8) is 0 Å². The number of piperidine rings is 1. The van der Waals surface area contributed by atoms with Crippen LogP contribution in [0.3, 0.4) is 0 Å². The summed E-state index contributed by atoms with van der Waals surface area (Å²) in [5.74, 6) is 1.08. The van der Waals surface area contributed by atoms with Crippen molar-refractivity contribution in [3.05, 3.63) is 30.3 Å². The molecule has 0 radical (unpaired) electrons. The molecule has 5 heteroatoms. The van der Waals surface area contributed by atoms with Crippen LogP contribution in [0.1, 0.15) is 59.3 Å². The Labute approximate surface area is 176 Å². The second-order valence-corrected chi connectivity index (χ2v) is 9.87. The van der Waals surface area contributed by atoms with E-state index in [9.17, 15) is 4.79 Å². The highest BCUT2D eigenvalue weighted by Crippen LogP contribution is 2.41. The molecule has 2 heterocycles. The zero-order valence-electron chi connectivity index (χ0n) is 17.6. The number of anilines is 1. The number of amides is 1. The second-order valence-electron chi connectivity index (χ2n) is 9.87. The highest BCUT2D eigenvalue weighted by molar-refractivity contribution is 5.93. The van der Waals surface area contributed by atoms with Crippen LogP contribution in [-0.2, 0) is 4.79 Å². The van der Waals surface area contributed by atoms with Gasteiger partial charge in [-0.25, -0.2) is 0 Å². The van der Waals surface area contributed by atoms with Crippen LogP contribution >= 0.6 is 12.4 Å². The molecule has 1 saturated carbocycles. The smallest absolute Gasteiger partial charge is 0.247 e. The van der Waals surface area contributed by atoms with E-state index in [4.69, 9.17) is 0 Å². The summed E-state index contributed by atoms with van der Waals surface area (Å²) in [4.78, 5) is 17.8. The monoisotopic (exact) mass is 405 g/mol. The maximum Gasteiger partial charge on any atom is 0.247 e. The van der Waals surface area contributed by atoms with Crippen molar-refractivity contribution in [1.82, 2.24) is 10.2 Å². The van der Waals surface area contributed by atoms with Crippen LogP contribution in [0, 0.1) is 11.3 Å². The van der Waals surface area contributed by atoms with E-state index in [0.29, 0.717) is 12.1 Å². The maximum absolute atomic E-state index is 12.8. The summed E-state index contributed by atoms with van der Waals surface area (Å²) in [6.07, 6.45) is 7.23. The molecule has 1 spiro atoms. The summed E-state index contributed by atoms with van der Waals surface area (Å²) in [6, 6.07) is 11.1. The number of nitrogens with one attached hydrogen (secondary N) is 1. The molecular formula is C23H36ClN3O. The minimum atomic E-state index is -0.347. The first-order valence-corrected chi connectivity index (χ1v) is 10.8. The maximum atomic E-state index is 12.8. The lowest BCUT2D eigenvalue weighted by Gasteiger charge is -2.47. The Morgan fingerprint density at radius 1 is 1.00 bits per heavy atom. The largest absolute Gasteiger partial charge is 0.339 e. The molecular weight excluding hydrogens is 370 g/mol. The number of carbonyl (C=O) groups excluding carboxylic acids is 1. The van der Waals surface area contributed by atoms with E-state index in [1.54, 1.807) is 0 Å². The third-order valence-electron chi connectivity index (χ3n) is 7.47. The summed E-state index contributed by atoms with van der Waals surface area (Å²) in [7, 11) is 0. The number of para-hydroxylation sites is 1. The second kappa shape index (κ2) is 8.23. The Kier molecular flexibility index (Phi) is 6.31. The first-order chi connectivity index (χ1) is 12.9. The Bertz CT molecular complexity index is 656. The number of hydrogen-bond acceptors (Lipinski definition) is 3. The fourth-order valence-electron chi connectivity index (χ4n) is 5.60. The van der Waals surface area contributed by atoms with Crippen LogP contribution < -0.4 is 10.2 Å². The standard InChI is InChI=1S/C23H35N3O.ClH/c1-22(2,3)18-9-11-19(12-10-18)25-15-13-23(14-16-25)21(27)24-17-26(23)20-7-5-4-6-8-20;/h4-8,18-19H,9-17H2,1-3H3,(H,24,27);1H. The number of hydrogen-bond donors (Lipinski definition) is 1. The number of carbonyl (C=O) groups is 1. The molecule has 1 aliphatic carbocycles. The Morgan fingerprint density at radius 3 is 2.18 bits per heavy atom. The normalized spacial score (nSPS) is 28.1. The summed E-state index contributed by atoms with van der Waals surface area (Å²) in [5.41, 5.74) is 1.25. The van der Waals surface area contributed by atoms with E-state index < -0.39 is 0 Å². The predicted molar refractivity (Wildman–Crippen MR) is 118 cm³/mol. The lowest BCUT2D eigenvalue weighted by atomic mass is 9.71. The molecule has 2 saturated heterocycles. The Morgan fingerprint density at radius 2 is 1.61 bits per heavy atom. The van der Waals surface area contributed by atoms with Gasteiger partial charge in [0.2, 0.25) is 5.91 Å². The number of rotatable bonds is 2. The van der Waals surface area contributed by atoms with Crippen LogP contribution in [0.25, 0.3) is 0 Å². The topological polar surface area (TPSA) is 35.6 Å². The molecule has 3 aliphatic rings. The van der Waals surface area contributed by atoms with Crippen LogP contribution in [0.2, 0.25) is 0 Å². The average molecular weight is 406 g/mol. The molecule has 0 bridgehead atoms. The van der Waals surface area contributed by atoms with Crippen molar-refractivity contribution in [2.75, 3.05) is 24.7 Å². The number of benzene rings is 1. The molecule has 28 heavy (non-hydrogen) atoms. The number of halogens is 1. The summed E-state index contributed by atoms with van der Waals surface area (Å²) in [6.45, 7) is 9.89. The summed E-state index contributed by atoms with van der Waals surface area (Å²) < 4.78 is 0. The number of likely N-dealkylation sites (tertiary alicyclic amines) is 1. The molecule has 3 fully saturated rings. The number of nitrogens with zero attached hydrogens (tertiary/aromatic N) is 2. The van der Waals surface area contributed by atoms with E-state index >= 15 is 0 Å². The average Bonchev–Trinajstić information content (AvgIpc) is 2.98. The van der Waals surface area contributed by atoms with E-state index in [1.165, 1.54) is 25.7 Å². The fraction of sp³-hybridized carbons (Fsp3) is 0.696. The van der Waals surface area contributed by atoms with Crippen LogP contribution in [0.4, 0.5) is 5.69 Å². The molecule has 2 aliphatic heterocycles. The minimum Gasteiger partial charge on any atom is -0.339 e. The zero-order chi connectivity index (χ0) is 19.1. The highest BCUT2D eigenvalue weighted by Gasteiger charge is 2.51. The van der Waals surface area contributed by atoms with Gasteiger partial charge < -0.3 is 15.1 Å². The van der Waals surface area contributed by atoms with Crippen LogP contribution in [0.5, 0.6) is 0 Å². The van der Waals surface area contributed by atoms with Crippen LogP contribution in [0.15, 0.2) is 30.3 Å². The van der Waals surface area contributed by atoms with E-state index in [-0.39, 0.29) is 23.9 Å². The van der Waals surface area contributed by atoms with Gasteiger partial charge in [-0.2, -0.15) is 0 Å². The lowest BCUT2D eigenvalue weighted by molar-refractivity contribution is -0.125. The van der Waals surface area contributed by atoms with Gasteiger partial charge in [0.1, 0.15) is 5.54 Å². The molecule has 1 amide bonds. The minimum absolute atomic E-state index is 0. The van der Waals surface area contributed by atoms with Crippen LogP contribution in [-0.4, -0.2) is 42.1 Å². The van der Waals surface area contributed by atoms with Crippen molar-refractivity contribution in [2.45, 2.75) is 70.9 Å². The van der Waals surface area contributed by atoms with Gasteiger partial charge >= 0.3 is 0 Å². The molecule has 0 aromatic heterocycles. The summed E-state index contributed by atoms with van der Waals surface area (Å²) in [5, 5.41) is 3.11. The zero-order valence-corrected chi connectivity index (χ0v) is 18.4. The third kappa shape index (κ3) is 3.91. The van der Waals surface area contributed by atoms with E-state index in [0.717, 1.165) is 43.6 Å². The van der Waals surface area contributed by atoms with Crippen molar-refractivity contribution < 1.29 is 4.79 Å². The molecule has 1 aromatic rings. The molecule has 4 nitrogen and oxygen atoms in total. The Balaban J connectivity index is 0.00000225. The molecule has 0 atom stereocenters. The highest BCUT2D eigenvalue weighted by atomic mass is 35.5. The van der Waals surface area contributed by atoms with Gasteiger partial charge in [-0.15, -0.1) is 12.4 Å². The van der Waals surface area contributed by atoms with Gasteiger partial charge in [-0.3, -0.25) is 4.79 Å². The molecule has 0 unspecified atom stereocenters. The fourth-order valence-corrected chi connectivity index (χ4v) is 5.60. The Hall–Kier alpha value is -1.26. The van der Waals surface area contributed by atoms with Gasteiger partial charge in [0.25, 0.3) is 0 Å². The van der Waals surface area contributed by atoms with Crippen molar-refractivity contribution in [2.24, 2.45) is 11.3 Å². The van der Waals surface area contributed by atoms with Crippen molar-refractivity contribution >= 4 is 24.0 Å². The van der Waals surface area contributed by atoms with Gasteiger partial charge in [0.15, 0.2) is 0 Å². The third-order valence-corrected chi connectivity index (χ3v) is 7.47. The van der Waals surface area contributed by atoms with Crippen molar-refractivity contribution in [3.8, 4) is 0 Å². The van der Waals surface area contributed by atoms with Crippen molar-refractivity contribution in [1.29, 1.82) is 0 Å². The molecule has 156 valence electrons. The molecule has 1 aromatic carbocycles. The van der Waals surface area contributed by atoms with Gasteiger partial charge in [0, 0.05) is 24.8 Å². The lowest BCUT2D eigenvalue weighted by Crippen LogP contribution is -2.58. The SMILES string of the molecule is CC(C)(C)C1CCC(N2CCC3(CC2)C(=O)NCN3c2ccccc2)CC1.Cl. The quantitative estimate of drug-likeness (QED) is 0.789. The first-order valence-electron chi connectivity index (χ1n) is 10.8. The first kappa shape index (κ1) is 21.4. The summed E-state index contributed by atoms with van der Waals surface area (Å²) >= 11 is 0. The molecule has 4 rings (SSSR count). The van der Waals surface area contributed by atoms with Gasteiger partial charge in [0.05, 0.1) is 6.67 Å². The predicted octanol–water partition coefficient (Wildman–Crippen LogP) is 4.44. The van der Waals surface area contributed by atoms with Gasteiger partial charge in [-0.05, 0) is 62.0 Å². The van der Waals surface area contributed by atoms with E-state index in [1.807, 2.05) is 6.07 Å². The molecule has 1 N–H and O–H groups in total. The van der Waals surface area contributed by atoms with Gasteiger partial charge in [-0.1, -0.05) is 39.0 Å².